The minimum atomic E-state index is 0. The van der Waals surface area contributed by atoms with Crippen molar-refractivity contribution in [3.63, 3.8) is 0 Å². The molecule has 1 atom stereocenters. The van der Waals surface area contributed by atoms with Crippen molar-refractivity contribution in [3.05, 3.63) is 47.5 Å². The highest BCUT2D eigenvalue weighted by Gasteiger charge is 2.24. The number of hydrogen-bond acceptors (Lipinski definition) is 3. The van der Waals surface area contributed by atoms with E-state index in [1.165, 1.54) is 31.2 Å². The molecule has 1 aliphatic carbocycles. The van der Waals surface area contributed by atoms with Crippen LogP contribution < -0.4 is 10.6 Å². The number of rotatable bonds is 6. The van der Waals surface area contributed by atoms with Crippen LogP contribution >= 0.6 is 24.0 Å². The summed E-state index contributed by atoms with van der Waals surface area (Å²) in [5.41, 5.74) is 1.25. The number of aryl methyl sites for hydroxylation is 1. The molecule has 2 N–H and O–H groups in total. The molecule has 2 aromatic rings. The first kappa shape index (κ1) is 24.6. The average molecular weight is 524 g/mol. The zero-order chi connectivity index (χ0) is 20.8. The summed E-state index contributed by atoms with van der Waals surface area (Å²) in [6.45, 7) is 9.33. The lowest BCUT2D eigenvalue weighted by molar-refractivity contribution is 0.249. The Morgan fingerprint density at radius 1 is 1.10 bits per heavy atom. The molecule has 0 spiro atoms. The van der Waals surface area contributed by atoms with Gasteiger partial charge in [-0.2, -0.15) is 0 Å². The zero-order valence-electron chi connectivity index (χ0n) is 18.9. The van der Waals surface area contributed by atoms with Crippen LogP contribution in [0.3, 0.4) is 0 Å². The van der Waals surface area contributed by atoms with Crippen molar-refractivity contribution >= 4 is 29.9 Å². The zero-order valence-corrected chi connectivity index (χ0v) is 21.3. The third-order valence-corrected chi connectivity index (χ3v) is 6.27. The first-order valence-electron chi connectivity index (χ1n) is 10.9. The van der Waals surface area contributed by atoms with Crippen LogP contribution in [0.1, 0.15) is 69.7 Å². The highest BCUT2D eigenvalue weighted by Crippen LogP contribution is 2.29. The number of aromatic nitrogens is 3. The van der Waals surface area contributed by atoms with Gasteiger partial charge in [0, 0.05) is 13.1 Å². The number of nitrogens with one attached hydrogen (secondary N) is 2. The van der Waals surface area contributed by atoms with Crippen LogP contribution in [0.2, 0.25) is 0 Å². The van der Waals surface area contributed by atoms with E-state index in [0.717, 1.165) is 29.4 Å². The van der Waals surface area contributed by atoms with E-state index in [1.54, 1.807) is 0 Å². The van der Waals surface area contributed by atoms with Crippen LogP contribution in [0.15, 0.2) is 35.3 Å². The molecular weight excluding hydrogens is 487 g/mol. The number of nitrogens with zero attached hydrogens (tertiary/aromatic N) is 4. The Bertz CT molecular complexity index is 793. The molecule has 0 aliphatic heterocycles. The molecule has 1 fully saturated rings. The Morgan fingerprint density at radius 3 is 2.33 bits per heavy atom. The highest BCUT2D eigenvalue weighted by molar-refractivity contribution is 14.0. The van der Waals surface area contributed by atoms with Gasteiger partial charge in [-0.1, -0.05) is 44.2 Å². The van der Waals surface area contributed by atoms with Crippen LogP contribution in [0.4, 0.5) is 0 Å². The molecule has 1 aromatic heterocycles. The second-order valence-corrected chi connectivity index (χ2v) is 8.66. The van der Waals surface area contributed by atoms with Crippen molar-refractivity contribution in [2.75, 3.05) is 0 Å². The fourth-order valence-electron chi connectivity index (χ4n) is 4.03. The highest BCUT2D eigenvalue weighted by atomic mass is 127. The molecule has 30 heavy (non-hydrogen) atoms. The normalized spacial score (nSPS) is 20.5. The lowest BCUT2D eigenvalue weighted by Gasteiger charge is -2.32. The molecule has 6 nitrogen and oxygen atoms in total. The van der Waals surface area contributed by atoms with E-state index in [1.807, 2.05) is 24.6 Å². The van der Waals surface area contributed by atoms with Crippen molar-refractivity contribution in [1.82, 2.24) is 25.4 Å². The molecule has 1 aliphatic rings. The lowest BCUT2D eigenvalue weighted by Crippen LogP contribution is -2.46. The summed E-state index contributed by atoms with van der Waals surface area (Å²) in [5.74, 6) is 4.27. The summed E-state index contributed by atoms with van der Waals surface area (Å²) in [4.78, 5) is 4.85. The standard InChI is InChI=1S/C23H36N6.HI/c1-16(2)19-11-13-21(14-12-19)26-23(24-15-22-28-27-18(4)29(22)5)25-17(3)20-9-7-6-8-10-20;/h6-10,16-17,19,21H,11-15H2,1-5H3,(H2,24,25,26);1H. The van der Waals surface area contributed by atoms with Gasteiger partial charge in [0.2, 0.25) is 0 Å². The van der Waals surface area contributed by atoms with Crippen molar-refractivity contribution < 1.29 is 0 Å². The first-order valence-corrected chi connectivity index (χ1v) is 10.9. The van der Waals surface area contributed by atoms with Gasteiger partial charge in [0.25, 0.3) is 0 Å². The van der Waals surface area contributed by atoms with Gasteiger partial charge in [-0.05, 0) is 56.9 Å². The Hall–Kier alpha value is -1.64. The summed E-state index contributed by atoms with van der Waals surface area (Å²) >= 11 is 0. The van der Waals surface area contributed by atoms with E-state index >= 15 is 0 Å². The predicted molar refractivity (Wildman–Crippen MR) is 134 cm³/mol. The van der Waals surface area contributed by atoms with E-state index in [9.17, 15) is 0 Å². The third-order valence-electron chi connectivity index (χ3n) is 6.27. The van der Waals surface area contributed by atoms with E-state index in [2.05, 4.69) is 65.9 Å². The molecule has 3 rings (SSSR count). The minimum Gasteiger partial charge on any atom is -0.354 e. The lowest BCUT2D eigenvalue weighted by atomic mass is 9.80. The van der Waals surface area contributed by atoms with Crippen LogP contribution in [0, 0.1) is 18.8 Å². The SMILES string of the molecule is Cc1nnc(CN=C(NC2CCC(C(C)C)CC2)NC(C)c2ccccc2)n1C.I. The molecule has 0 bridgehead atoms. The monoisotopic (exact) mass is 524 g/mol. The van der Waals surface area contributed by atoms with Gasteiger partial charge in [0.05, 0.1) is 6.04 Å². The van der Waals surface area contributed by atoms with Crippen LogP contribution in [-0.2, 0) is 13.6 Å². The molecule has 0 radical (unpaired) electrons. The summed E-state index contributed by atoms with van der Waals surface area (Å²) in [6.07, 6.45) is 4.98. The van der Waals surface area contributed by atoms with Crippen LogP contribution in [0.25, 0.3) is 0 Å². The fraction of sp³-hybridized carbons (Fsp3) is 0.609. The van der Waals surface area contributed by atoms with Gasteiger partial charge in [-0.25, -0.2) is 4.99 Å². The molecule has 1 unspecified atom stereocenters. The van der Waals surface area contributed by atoms with Crippen molar-refractivity contribution in [2.24, 2.45) is 23.9 Å². The minimum absolute atomic E-state index is 0. The molecule has 1 heterocycles. The maximum absolute atomic E-state index is 4.85. The van der Waals surface area contributed by atoms with Gasteiger partial charge in [0.1, 0.15) is 12.4 Å². The molecule has 0 saturated heterocycles. The number of benzene rings is 1. The number of guanidine groups is 1. The largest absolute Gasteiger partial charge is 0.354 e. The molecular formula is C23H37IN6. The summed E-state index contributed by atoms with van der Waals surface area (Å²) in [7, 11) is 1.99. The Morgan fingerprint density at radius 2 is 1.77 bits per heavy atom. The Balaban J connectivity index is 0.00000320. The molecule has 0 amide bonds. The van der Waals surface area contributed by atoms with E-state index < -0.39 is 0 Å². The van der Waals surface area contributed by atoms with Crippen molar-refractivity contribution in [1.29, 1.82) is 0 Å². The third kappa shape index (κ3) is 6.68. The number of aliphatic imine (C=N–C) groups is 1. The van der Waals surface area contributed by atoms with E-state index in [0.29, 0.717) is 12.6 Å². The molecule has 166 valence electrons. The Kier molecular flexibility index (Phi) is 9.58. The van der Waals surface area contributed by atoms with Gasteiger partial charge in [-0.3, -0.25) is 0 Å². The van der Waals surface area contributed by atoms with Gasteiger partial charge in [0.15, 0.2) is 11.8 Å². The summed E-state index contributed by atoms with van der Waals surface area (Å²) in [6, 6.07) is 11.1. The predicted octanol–water partition coefficient (Wildman–Crippen LogP) is 4.75. The van der Waals surface area contributed by atoms with E-state index in [4.69, 9.17) is 4.99 Å². The van der Waals surface area contributed by atoms with Crippen LogP contribution in [-0.4, -0.2) is 26.8 Å². The summed E-state index contributed by atoms with van der Waals surface area (Å²) in [5, 5.41) is 15.7. The van der Waals surface area contributed by atoms with Gasteiger partial charge < -0.3 is 15.2 Å². The van der Waals surface area contributed by atoms with E-state index in [-0.39, 0.29) is 30.0 Å². The van der Waals surface area contributed by atoms with Crippen molar-refractivity contribution in [3.8, 4) is 0 Å². The maximum atomic E-state index is 4.85. The maximum Gasteiger partial charge on any atom is 0.192 e. The number of hydrogen-bond donors (Lipinski definition) is 2. The fourth-order valence-corrected chi connectivity index (χ4v) is 4.03. The topological polar surface area (TPSA) is 67.1 Å². The second kappa shape index (κ2) is 11.7. The molecule has 1 saturated carbocycles. The molecule has 1 aromatic carbocycles. The average Bonchev–Trinajstić information content (AvgIpc) is 3.05. The summed E-state index contributed by atoms with van der Waals surface area (Å²) < 4.78 is 2.00. The second-order valence-electron chi connectivity index (χ2n) is 8.66. The van der Waals surface area contributed by atoms with Gasteiger partial charge in [-0.15, -0.1) is 34.2 Å². The smallest absolute Gasteiger partial charge is 0.192 e. The van der Waals surface area contributed by atoms with Crippen LogP contribution in [0.5, 0.6) is 0 Å². The van der Waals surface area contributed by atoms with Crippen molar-refractivity contribution in [2.45, 2.75) is 72.0 Å². The quantitative estimate of drug-likeness (QED) is 0.325. The molecule has 7 heteroatoms. The Labute approximate surface area is 198 Å². The van der Waals surface area contributed by atoms with Gasteiger partial charge >= 0.3 is 0 Å². The number of halogens is 1. The first-order chi connectivity index (χ1) is 13.9.